The zero-order valence-electron chi connectivity index (χ0n) is 17.2. The molecule has 0 saturated carbocycles. The standard InChI is InChI=1S/C19H29NO2.C2HF3O2/c1-4-21-18-12-19(22-14-18)7-9-20(10-8-19)13-17-6-5-15(2)16(3)11-17;3-2(4,5)1(6)7/h5-6,11,18H,4,7-10,12-14H2,1-3H3;(H,6,7). The van der Waals surface area contributed by atoms with Crippen molar-refractivity contribution >= 4 is 5.97 Å². The Bertz CT molecular complexity index is 685. The lowest BCUT2D eigenvalue weighted by Gasteiger charge is -2.38. The number of ether oxygens (including phenoxy) is 2. The van der Waals surface area contributed by atoms with E-state index >= 15 is 0 Å². The highest BCUT2D eigenvalue weighted by molar-refractivity contribution is 5.73. The first-order chi connectivity index (χ1) is 13.5. The van der Waals surface area contributed by atoms with Gasteiger partial charge in [-0.1, -0.05) is 18.2 Å². The summed E-state index contributed by atoms with van der Waals surface area (Å²) in [6.45, 7) is 11.3. The topological polar surface area (TPSA) is 59.0 Å². The van der Waals surface area contributed by atoms with Crippen LogP contribution in [0.4, 0.5) is 13.2 Å². The Morgan fingerprint density at radius 3 is 2.41 bits per heavy atom. The predicted octanol–water partition coefficient (Wildman–Crippen LogP) is 4.10. The Labute approximate surface area is 169 Å². The average molecular weight is 417 g/mol. The van der Waals surface area contributed by atoms with E-state index in [0.717, 1.165) is 52.1 Å². The summed E-state index contributed by atoms with van der Waals surface area (Å²) in [5, 5.41) is 7.12. The lowest BCUT2D eigenvalue weighted by Crippen LogP contribution is -2.43. The highest BCUT2D eigenvalue weighted by atomic mass is 19.4. The molecule has 5 nitrogen and oxygen atoms in total. The lowest BCUT2D eigenvalue weighted by atomic mass is 9.87. The number of carbonyl (C=O) groups is 1. The van der Waals surface area contributed by atoms with E-state index in [1.165, 1.54) is 16.7 Å². The van der Waals surface area contributed by atoms with Crippen LogP contribution in [-0.2, 0) is 20.8 Å². The van der Waals surface area contributed by atoms with Crippen LogP contribution < -0.4 is 0 Å². The van der Waals surface area contributed by atoms with Gasteiger partial charge in [0.05, 0.1) is 18.3 Å². The van der Waals surface area contributed by atoms with Gasteiger partial charge in [0.1, 0.15) is 0 Å². The Morgan fingerprint density at radius 2 is 1.90 bits per heavy atom. The number of rotatable bonds is 4. The molecule has 1 spiro atoms. The van der Waals surface area contributed by atoms with Crippen LogP contribution in [0.2, 0.25) is 0 Å². The van der Waals surface area contributed by atoms with Crippen LogP contribution >= 0.6 is 0 Å². The zero-order valence-corrected chi connectivity index (χ0v) is 17.2. The summed E-state index contributed by atoms with van der Waals surface area (Å²) in [7, 11) is 0. The first kappa shape index (κ1) is 23.6. The van der Waals surface area contributed by atoms with E-state index in [2.05, 4.69) is 43.9 Å². The van der Waals surface area contributed by atoms with Gasteiger partial charge in [0.2, 0.25) is 0 Å². The van der Waals surface area contributed by atoms with Crippen molar-refractivity contribution < 1.29 is 32.5 Å². The number of alkyl halides is 3. The Balaban J connectivity index is 0.000000370. The average Bonchev–Trinajstić information content (AvgIpc) is 3.03. The predicted molar refractivity (Wildman–Crippen MR) is 103 cm³/mol. The SMILES string of the molecule is CCOC1COC2(CCN(Cc3ccc(C)c(C)c3)CC2)C1.O=C(O)C(F)(F)F. The number of hydrogen-bond donors (Lipinski definition) is 1. The van der Waals surface area contributed by atoms with Crippen molar-refractivity contribution in [1.82, 2.24) is 4.90 Å². The maximum Gasteiger partial charge on any atom is 0.490 e. The summed E-state index contributed by atoms with van der Waals surface area (Å²) in [6.07, 6.45) is -1.41. The molecule has 3 rings (SSSR count). The van der Waals surface area contributed by atoms with E-state index in [-0.39, 0.29) is 5.60 Å². The second kappa shape index (κ2) is 9.91. The van der Waals surface area contributed by atoms with Crippen molar-refractivity contribution in [3.05, 3.63) is 34.9 Å². The van der Waals surface area contributed by atoms with Crippen molar-refractivity contribution in [2.24, 2.45) is 0 Å². The normalized spacial score (nSPS) is 21.7. The van der Waals surface area contributed by atoms with Gasteiger partial charge in [0, 0.05) is 32.7 Å². The van der Waals surface area contributed by atoms with Crippen molar-refractivity contribution in [2.75, 3.05) is 26.3 Å². The minimum Gasteiger partial charge on any atom is -0.475 e. The van der Waals surface area contributed by atoms with E-state index in [9.17, 15) is 13.2 Å². The van der Waals surface area contributed by atoms with Gasteiger partial charge in [-0.3, -0.25) is 4.90 Å². The van der Waals surface area contributed by atoms with Gasteiger partial charge in [-0.2, -0.15) is 13.2 Å². The smallest absolute Gasteiger partial charge is 0.475 e. The molecular weight excluding hydrogens is 387 g/mol. The molecule has 1 aromatic rings. The first-order valence-corrected chi connectivity index (χ1v) is 9.89. The Morgan fingerprint density at radius 1 is 1.28 bits per heavy atom. The molecule has 1 aromatic carbocycles. The van der Waals surface area contributed by atoms with Crippen molar-refractivity contribution in [3.63, 3.8) is 0 Å². The van der Waals surface area contributed by atoms with Gasteiger partial charge >= 0.3 is 12.1 Å². The molecule has 0 aromatic heterocycles. The van der Waals surface area contributed by atoms with Crippen LogP contribution in [-0.4, -0.2) is 60.2 Å². The Hall–Kier alpha value is -1.64. The number of likely N-dealkylation sites (tertiary alicyclic amines) is 1. The second-order valence-corrected chi connectivity index (χ2v) is 7.77. The van der Waals surface area contributed by atoms with Gasteiger partial charge in [-0.15, -0.1) is 0 Å². The molecule has 0 radical (unpaired) electrons. The summed E-state index contributed by atoms with van der Waals surface area (Å²) < 4.78 is 43.6. The van der Waals surface area contributed by atoms with E-state index in [0.29, 0.717) is 6.10 Å². The number of carboxylic acid groups (broad SMARTS) is 1. The van der Waals surface area contributed by atoms with Gasteiger partial charge in [0.25, 0.3) is 0 Å². The van der Waals surface area contributed by atoms with Gasteiger partial charge in [0.15, 0.2) is 0 Å². The first-order valence-electron chi connectivity index (χ1n) is 9.89. The highest BCUT2D eigenvalue weighted by Gasteiger charge is 2.43. The fourth-order valence-corrected chi connectivity index (χ4v) is 3.77. The lowest BCUT2D eigenvalue weighted by molar-refractivity contribution is -0.192. The molecule has 2 fully saturated rings. The molecule has 0 amide bonds. The number of aryl methyl sites for hydroxylation is 2. The molecule has 2 aliphatic rings. The molecule has 1 N–H and O–H groups in total. The van der Waals surface area contributed by atoms with Crippen molar-refractivity contribution in [1.29, 1.82) is 0 Å². The summed E-state index contributed by atoms with van der Waals surface area (Å²) in [5.74, 6) is -2.76. The van der Waals surface area contributed by atoms with E-state index in [4.69, 9.17) is 19.4 Å². The van der Waals surface area contributed by atoms with Crippen LogP contribution in [0.1, 0.15) is 42.9 Å². The third kappa shape index (κ3) is 6.97. The third-order valence-corrected chi connectivity index (χ3v) is 5.56. The molecule has 164 valence electrons. The molecular formula is C21H30F3NO4. The minimum absolute atomic E-state index is 0.0968. The fraction of sp³-hybridized carbons (Fsp3) is 0.667. The quantitative estimate of drug-likeness (QED) is 0.800. The molecule has 0 aliphatic carbocycles. The number of carboxylic acids is 1. The number of benzene rings is 1. The van der Waals surface area contributed by atoms with E-state index in [1.54, 1.807) is 0 Å². The van der Waals surface area contributed by atoms with Crippen molar-refractivity contribution in [2.45, 2.75) is 64.5 Å². The van der Waals surface area contributed by atoms with Gasteiger partial charge in [-0.05, 0) is 50.3 Å². The van der Waals surface area contributed by atoms with Crippen LogP contribution in [0.25, 0.3) is 0 Å². The molecule has 1 atom stereocenters. The molecule has 2 saturated heterocycles. The third-order valence-electron chi connectivity index (χ3n) is 5.56. The van der Waals surface area contributed by atoms with Crippen molar-refractivity contribution in [3.8, 4) is 0 Å². The number of halogens is 3. The summed E-state index contributed by atoms with van der Waals surface area (Å²) in [6, 6.07) is 6.84. The largest absolute Gasteiger partial charge is 0.490 e. The molecule has 1 unspecified atom stereocenters. The number of piperidine rings is 1. The summed E-state index contributed by atoms with van der Waals surface area (Å²) in [5.41, 5.74) is 4.30. The fourth-order valence-electron chi connectivity index (χ4n) is 3.77. The second-order valence-electron chi connectivity index (χ2n) is 7.77. The monoisotopic (exact) mass is 417 g/mol. The molecule has 8 heteroatoms. The molecule has 2 aliphatic heterocycles. The van der Waals surface area contributed by atoms with Gasteiger partial charge < -0.3 is 14.6 Å². The van der Waals surface area contributed by atoms with Crippen LogP contribution in [0.3, 0.4) is 0 Å². The Kier molecular flexibility index (Phi) is 8.08. The van der Waals surface area contributed by atoms with Crippen LogP contribution in [0, 0.1) is 13.8 Å². The van der Waals surface area contributed by atoms with Crippen LogP contribution in [0.15, 0.2) is 18.2 Å². The maximum absolute atomic E-state index is 10.6. The highest BCUT2D eigenvalue weighted by Crippen LogP contribution is 2.37. The molecule has 2 heterocycles. The zero-order chi connectivity index (χ0) is 21.7. The van der Waals surface area contributed by atoms with Gasteiger partial charge in [-0.25, -0.2) is 4.79 Å². The van der Waals surface area contributed by atoms with Crippen LogP contribution in [0.5, 0.6) is 0 Å². The van der Waals surface area contributed by atoms with E-state index < -0.39 is 12.1 Å². The van der Waals surface area contributed by atoms with E-state index in [1.807, 2.05) is 0 Å². The molecule has 29 heavy (non-hydrogen) atoms. The number of aliphatic carboxylic acids is 1. The summed E-state index contributed by atoms with van der Waals surface area (Å²) in [4.78, 5) is 11.5. The minimum atomic E-state index is -5.08. The molecule has 0 bridgehead atoms. The maximum atomic E-state index is 10.6. The number of hydrogen-bond acceptors (Lipinski definition) is 4. The summed E-state index contributed by atoms with van der Waals surface area (Å²) >= 11 is 0. The number of nitrogens with zero attached hydrogens (tertiary/aromatic N) is 1.